The molecule has 4 heterocycles. The van der Waals surface area contributed by atoms with Gasteiger partial charge < -0.3 is 30.1 Å². The number of fused-ring (bicyclic) bond motifs is 1. The van der Waals surface area contributed by atoms with Crippen LogP contribution in [-0.4, -0.2) is 82.9 Å². The molecule has 2 aliphatic heterocycles. The first-order valence-corrected chi connectivity index (χ1v) is 15.8. The number of ether oxygens (including phenoxy) is 1. The SMILES string of the molecule is COc1cc(Nc2ncc(Cl)c(-c3ccc4c(c3)C(=O)N([C@H](C)C(=O)N[C@H](C)c3cc(F)cc(N5CCN(C)CC5)c3)C4)n2)ccn1. The van der Waals surface area contributed by atoms with Gasteiger partial charge in [0.2, 0.25) is 17.7 Å². The molecule has 13 heteroatoms. The fraction of sp³-hybridized carbons (Fsp3) is 0.324. The van der Waals surface area contributed by atoms with E-state index in [4.69, 9.17) is 16.3 Å². The molecule has 11 nitrogen and oxygen atoms in total. The molecule has 2 amide bonds. The second-order valence-electron chi connectivity index (χ2n) is 11.8. The molecule has 6 rings (SSSR count). The highest BCUT2D eigenvalue weighted by Gasteiger charge is 2.35. The van der Waals surface area contributed by atoms with E-state index in [1.165, 1.54) is 30.3 Å². The number of methoxy groups -OCH3 is 1. The van der Waals surface area contributed by atoms with Crippen molar-refractivity contribution in [1.29, 1.82) is 0 Å². The Morgan fingerprint density at radius 2 is 1.83 bits per heavy atom. The van der Waals surface area contributed by atoms with Gasteiger partial charge in [-0.15, -0.1) is 0 Å². The lowest BCUT2D eigenvalue weighted by Crippen LogP contribution is -2.46. The average Bonchev–Trinajstić information content (AvgIpc) is 3.40. The monoisotopic (exact) mass is 658 g/mol. The number of aromatic nitrogens is 3. The summed E-state index contributed by atoms with van der Waals surface area (Å²) >= 11 is 6.50. The third-order valence-corrected chi connectivity index (χ3v) is 8.92. The van der Waals surface area contributed by atoms with E-state index in [9.17, 15) is 14.0 Å². The van der Waals surface area contributed by atoms with Crippen molar-refractivity contribution in [1.82, 2.24) is 30.1 Å². The first-order chi connectivity index (χ1) is 22.6. The van der Waals surface area contributed by atoms with Crippen molar-refractivity contribution in [2.24, 2.45) is 0 Å². The molecule has 0 saturated carbocycles. The zero-order valence-corrected chi connectivity index (χ0v) is 27.4. The highest BCUT2D eigenvalue weighted by Crippen LogP contribution is 2.33. The van der Waals surface area contributed by atoms with Crippen LogP contribution in [0.15, 0.2) is 60.9 Å². The smallest absolute Gasteiger partial charge is 0.255 e. The Hall–Kier alpha value is -4.81. The van der Waals surface area contributed by atoms with E-state index in [0.717, 1.165) is 37.4 Å². The Morgan fingerprint density at radius 3 is 2.60 bits per heavy atom. The summed E-state index contributed by atoms with van der Waals surface area (Å²) in [6, 6.07) is 12.6. The number of halogens is 2. The van der Waals surface area contributed by atoms with Gasteiger partial charge in [-0.1, -0.05) is 23.7 Å². The van der Waals surface area contributed by atoms with Gasteiger partial charge in [-0.05, 0) is 62.4 Å². The molecule has 2 atom stereocenters. The van der Waals surface area contributed by atoms with Crippen molar-refractivity contribution in [3.8, 4) is 17.1 Å². The molecule has 47 heavy (non-hydrogen) atoms. The lowest BCUT2D eigenvalue weighted by Gasteiger charge is -2.34. The van der Waals surface area contributed by atoms with Crippen LogP contribution >= 0.6 is 11.6 Å². The molecule has 0 bridgehead atoms. The van der Waals surface area contributed by atoms with Gasteiger partial charge in [-0.25, -0.2) is 19.3 Å². The minimum atomic E-state index is -0.762. The maximum absolute atomic E-state index is 14.7. The van der Waals surface area contributed by atoms with Gasteiger partial charge in [-0.2, -0.15) is 0 Å². The van der Waals surface area contributed by atoms with Crippen molar-refractivity contribution in [2.75, 3.05) is 50.6 Å². The Labute approximate surface area is 277 Å². The number of benzene rings is 2. The van der Waals surface area contributed by atoms with Crippen LogP contribution in [0.25, 0.3) is 11.3 Å². The fourth-order valence-corrected chi connectivity index (χ4v) is 5.99. The summed E-state index contributed by atoms with van der Waals surface area (Å²) in [6.07, 6.45) is 3.09. The zero-order valence-electron chi connectivity index (χ0n) is 26.6. The molecule has 2 aliphatic rings. The van der Waals surface area contributed by atoms with Gasteiger partial charge in [0, 0.05) is 67.5 Å². The fourth-order valence-electron chi connectivity index (χ4n) is 5.79. The number of nitrogens with zero attached hydrogens (tertiary/aromatic N) is 6. The van der Waals surface area contributed by atoms with Crippen molar-refractivity contribution in [2.45, 2.75) is 32.5 Å². The molecule has 244 valence electrons. The molecule has 4 aromatic rings. The van der Waals surface area contributed by atoms with Crippen molar-refractivity contribution < 1.29 is 18.7 Å². The summed E-state index contributed by atoms with van der Waals surface area (Å²) in [4.78, 5) is 45.9. The van der Waals surface area contributed by atoms with Gasteiger partial charge in [0.05, 0.1) is 30.1 Å². The molecule has 2 N–H and O–H groups in total. The Balaban J connectivity index is 1.14. The highest BCUT2D eigenvalue weighted by atomic mass is 35.5. The third-order valence-electron chi connectivity index (χ3n) is 8.64. The second-order valence-corrected chi connectivity index (χ2v) is 12.3. The predicted molar refractivity (Wildman–Crippen MR) is 179 cm³/mol. The normalized spacial score (nSPS) is 16.1. The molecular formula is C34H36ClFN8O3. The number of hydrogen-bond donors (Lipinski definition) is 2. The second kappa shape index (κ2) is 13.5. The van der Waals surface area contributed by atoms with Gasteiger partial charge in [0.1, 0.15) is 11.9 Å². The van der Waals surface area contributed by atoms with E-state index in [-0.39, 0.29) is 24.2 Å². The molecule has 0 spiro atoms. The summed E-state index contributed by atoms with van der Waals surface area (Å²) in [5.74, 6) is -0.206. The largest absolute Gasteiger partial charge is 0.481 e. The summed E-state index contributed by atoms with van der Waals surface area (Å²) < 4.78 is 19.8. The van der Waals surface area contributed by atoms with E-state index in [0.29, 0.717) is 44.9 Å². The summed E-state index contributed by atoms with van der Waals surface area (Å²) in [5, 5.41) is 6.42. The van der Waals surface area contributed by atoms with Crippen LogP contribution in [0, 0.1) is 5.82 Å². The number of piperazine rings is 1. The molecule has 1 saturated heterocycles. The van der Waals surface area contributed by atoms with Crippen LogP contribution < -0.4 is 20.3 Å². The van der Waals surface area contributed by atoms with Crippen LogP contribution in [0.4, 0.5) is 21.7 Å². The van der Waals surface area contributed by atoms with Crippen LogP contribution in [-0.2, 0) is 11.3 Å². The van der Waals surface area contributed by atoms with E-state index >= 15 is 0 Å². The van der Waals surface area contributed by atoms with Gasteiger partial charge in [0.25, 0.3) is 5.91 Å². The Morgan fingerprint density at radius 1 is 1.04 bits per heavy atom. The lowest BCUT2D eigenvalue weighted by atomic mass is 10.0. The van der Waals surface area contributed by atoms with Crippen LogP contribution in [0.1, 0.15) is 41.4 Å². The maximum atomic E-state index is 14.7. The quantitative estimate of drug-likeness (QED) is 0.255. The number of likely N-dealkylation sites (N-methyl/N-ethyl adjacent to an activating group) is 1. The molecule has 2 aromatic carbocycles. The molecular weight excluding hydrogens is 623 g/mol. The van der Waals surface area contributed by atoms with Crippen molar-refractivity contribution in [3.63, 3.8) is 0 Å². The number of rotatable bonds is 9. The number of hydrogen-bond acceptors (Lipinski definition) is 9. The van der Waals surface area contributed by atoms with E-state index in [2.05, 4.69) is 42.4 Å². The summed E-state index contributed by atoms with van der Waals surface area (Å²) in [7, 11) is 3.60. The molecule has 2 aromatic heterocycles. The zero-order chi connectivity index (χ0) is 33.2. The summed E-state index contributed by atoms with van der Waals surface area (Å²) in [5.41, 5.74) is 4.49. The average molecular weight is 659 g/mol. The summed E-state index contributed by atoms with van der Waals surface area (Å²) in [6.45, 7) is 7.20. The van der Waals surface area contributed by atoms with E-state index < -0.39 is 12.1 Å². The third kappa shape index (κ3) is 6.98. The van der Waals surface area contributed by atoms with E-state index in [1.54, 1.807) is 31.3 Å². The van der Waals surface area contributed by atoms with Crippen molar-refractivity contribution >= 4 is 40.7 Å². The lowest BCUT2D eigenvalue weighted by molar-refractivity contribution is -0.125. The minimum absolute atomic E-state index is 0.271. The van der Waals surface area contributed by atoms with E-state index in [1.807, 2.05) is 25.1 Å². The number of amides is 2. The molecule has 0 radical (unpaired) electrons. The molecule has 1 fully saturated rings. The number of carbonyl (C=O) groups excluding carboxylic acids is 2. The first-order valence-electron chi connectivity index (χ1n) is 15.4. The highest BCUT2D eigenvalue weighted by molar-refractivity contribution is 6.33. The topological polar surface area (TPSA) is 116 Å². The molecule has 0 aliphatic carbocycles. The number of nitrogens with one attached hydrogen (secondary N) is 2. The van der Waals surface area contributed by atoms with Crippen molar-refractivity contribution in [3.05, 3.63) is 88.5 Å². The first kappa shape index (κ1) is 32.1. The van der Waals surface area contributed by atoms with Gasteiger partial charge >= 0.3 is 0 Å². The molecule has 0 unspecified atom stereocenters. The number of pyridine rings is 1. The van der Waals surface area contributed by atoms with Crippen LogP contribution in [0.2, 0.25) is 5.02 Å². The number of carbonyl (C=O) groups is 2. The Bertz CT molecular complexity index is 1820. The maximum Gasteiger partial charge on any atom is 0.255 e. The van der Waals surface area contributed by atoms with Gasteiger partial charge in [0.15, 0.2) is 0 Å². The van der Waals surface area contributed by atoms with Crippen LogP contribution in [0.3, 0.4) is 0 Å². The Kier molecular flexibility index (Phi) is 9.24. The minimum Gasteiger partial charge on any atom is -0.481 e. The van der Waals surface area contributed by atoms with Crippen LogP contribution in [0.5, 0.6) is 5.88 Å². The van der Waals surface area contributed by atoms with Gasteiger partial charge in [-0.3, -0.25) is 9.59 Å². The standard InChI is InChI=1S/C34H36ClFN8O3/c1-20(24-13-25(36)16-27(14-24)43-11-9-42(3)10-12-43)39-32(45)21(2)44-19-23-6-5-22(15-28(23)33(44)46)31-29(35)18-38-34(41-31)40-26-7-8-37-30(17-26)47-4/h5-8,13-18,20-21H,9-12,19H2,1-4H3,(H,39,45)(H,37,38,40,41)/t20-,21-/m1/s1. The number of anilines is 3. The predicted octanol–water partition coefficient (Wildman–Crippen LogP) is 5.06.